The van der Waals surface area contributed by atoms with Crippen molar-refractivity contribution >= 4 is 19.3 Å². The fraction of sp³-hybridized carbons (Fsp3) is 0.412. The molecular formula is C17H18BN3O. The molecule has 2 aliphatic carbocycles. The maximum absolute atomic E-state index is 12.3. The predicted octanol–water partition coefficient (Wildman–Crippen LogP) is 1.51. The number of carbonyl (C=O) groups excluding carboxylic acids is 1. The first-order valence-electron chi connectivity index (χ1n) is 7.82. The van der Waals surface area contributed by atoms with Crippen LogP contribution in [0, 0.1) is 0 Å². The molecule has 4 nitrogen and oxygen atoms in total. The van der Waals surface area contributed by atoms with Crippen LogP contribution < -0.4 is 10.9 Å². The summed E-state index contributed by atoms with van der Waals surface area (Å²) in [6.07, 6.45) is 5.55. The highest BCUT2D eigenvalue weighted by Gasteiger charge is 2.37. The Balaban J connectivity index is 1.54. The Bertz CT molecular complexity index is 752. The molecular weight excluding hydrogens is 273 g/mol. The van der Waals surface area contributed by atoms with Gasteiger partial charge in [0.25, 0.3) is 5.91 Å². The number of nitrogens with zero attached hydrogens (tertiary/aromatic N) is 2. The summed E-state index contributed by atoms with van der Waals surface area (Å²) >= 11 is 0. The first-order valence-corrected chi connectivity index (χ1v) is 7.82. The Morgan fingerprint density at radius 1 is 1.41 bits per heavy atom. The van der Waals surface area contributed by atoms with E-state index in [4.69, 9.17) is 7.85 Å². The van der Waals surface area contributed by atoms with Crippen LogP contribution in [-0.4, -0.2) is 23.5 Å². The number of fused-ring (bicyclic) bond motifs is 5. The highest BCUT2D eigenvalue weighted by Crippen LogP contribution is 2.53. The van der Waals surface area contributed by atoms with Crippen molar-refractivity contribution in [3.05, 3.63) is 46.6 Å². The molecule has 4 rings (SSSR count). The van der Waals surface area contributed by atoms with Crippen molar-refractivity contribution in [3.63, 3.8) is 0 Å². The molecule has 1 saturated carbocycles. The lowest BCUT2D eigenvalue weighted by molar-refractivity contribution is 0.0952. The minimum atomic E-state index is -0.161. The molecule has 1 N–H and O–H groups in total. The van der Waals surface area contributed by atoms with E-state index in [2.05, 4.69) is 28.6 Å². The van der Waals surface area contributed by atoms with Gasteiger partial charge in [-0.3, -0.25) is 9.48 Å². The topological polar surface area (TPSA) is 46.9 Å². The molecule has 22 heavy (non-hydrogen) atoms. The SMILES string of the molecule is [B]c1nn(C)cc1C(=O)NCc1cccc2c1C1CCC2C1. The Morgan fingerprint density at radius 2 is 2.23 bits per heavy atom. The second-order valence-corrected chi connectivity index (χ2v) is 6.41. The third-order valence-corrected chi connectivity index (χ3v) is 5.05. The van der Waals surface area contributed by atoms with Gasteiger partial charge in [-0.05, 0) is 47.8 Å². The lowest BCUT2D eigenvalue weighted by Crippen LogP contribution is -2.28. The van der Waals surface area contributed by atoms with Gasteiger partial charge in [-0.2, -0.15) is 5.10 Å². The van der Waals surface area contributed by atoms with Crippen LogP contribution in [0.3, 0.4) is 0 Å². The average molecular weight is 291 g/mol. The Hall–Kier alpha value is -2.04. The molecule has 2 aliphatic rings. The number of nitrogens with one attached hydrogen (secondary N) is 1. The standard InChI is InChI=1S/C17H18BN3O/c1-21-9-14(16(18)20-21)17(22)19-8-12-3-2-4-13-10-5-6-11(7-10)15(12)13/h2-4,9-11H,5-8H2,1H3,(H,19,22). The molecule has 5 heteroatoms. The van der Waals surface area contributed by atoms with Crippen molar-refractivity contribution in [3.8, 4) is 0 Å². The number of hydrogen-bond acceptors (Lipinski definition) is 2. The molecule has 0 spiro atoms. The van der Waals surface area contributed by atoms with E-state index >= 15 is 0 Å². The fourth-order valence-electron chi connectivity index (χ4n) is 4.12. The molecule has 0 saturated heterocycles. The third kappa shape index (κ3) is 2.07. The summed E-state index contributed by atoms with van der Waals surface area (Å²) in [6, 6.07) is 6.50. The van der Waals surface area contributed by atoms with E-state index < -0.39 is 0 Å². The fourth-order valence-corrected chi connectivity index (χ4v) is 4.12. The third-order valence-electron chi connectivity index (χ3n) is 5.05. The van der Waals surface area contributed by atoms with Crippen LogP contribution in [0.1, 0.15) is 58.1 Å². The Morgan fingerprint density at radius 3 is 3.00 bits per heavy atom. The van der Waals surface area contributed by atoms with Crippen molar-refractivity contribution in [2.45, 2.75) is 37.6 Å². The zero-order valence-electron chi connectivity index (χ0n) is 12.7. The summed E-state index contributed by atoms with van der Waals surface area (Å²) < 4.78 is 1.56. The molecule has 1 aromatic heterocycles. The lowest BCUT2D eigenvalue weighted by Gasteiger charge is -2.19. The maximum Gasteiger partial charge on any atom is 0.254 e. The summed E-state index contributed by atoms with van der Waals surface area (Å²) in [4.78, 5) is 12.3. The van der Waals surface area contributed by atoms with Gasteiger partial charge >= 0.3 is 0 Å². The quantitative estimate of drug-likeness (QED) is 0.871. The number of aromatic nitrogens is 2. The van der Waals surface area contributed by atoms with E-state index in [1.54, 1.807) is 17.9 Å². The van der Waals surface area contributed by atoms with Crippen molar-refractivity contribution in [1.29, 1.82) is 0 Å². The first-order chi connectivity index (χ1) is 10.6. The summed E-state index contributed by atoms with van der Waals surface area (Å²) in [7, 11) is 7.52. The van der Waals surface area contributed by atoms with Gasteiger partial charge in [0.15, 0.2) is 0 Å². The first kappa shape index (κ1) is 13.6. The zero-order valence-corrected chi connectivity index (χ0v) is 12.7. The molecule has 2 unspecified atom stereocenters. The molecule has 2 aromatic rings. The number of amides is 1. The Kier molecular flexibility index (Phi) is 3.10. The molecule has 1 fully saturated rings. The number of aryl methyl sites for hydroxylation is 1. The van der Waals surface area contributed by atoms with Crippen LogP contribution in [-0.2, 0) is 13.6 Å². The minimum absolute atomic E-state index is 0.161. The van der Waals surface area contributed by atoms with E-state index in [0.717, 1.165) is 5.92 Å². The summed E-state index contributed by atoms with van der Waals surface area (Å²) in [6.45, 7) is 0.555. The molecule has 110 valence electrons. The van der Waals surface area contributed by atoms with E-state index in [0.29, 0.717) is 18.0 Å². The smallest absolute Gasteiger partial charge is 0.254 e. The minimum Gasteiger partial charge on any atom is -0.348 e. The number of benzene rings is 1. The molecule has 1 heterocycles. The monoisotopic (exact) mass is 291 g/mol. The number of carbonyl (C=O) groups is 1. The van der Waals surface area contributed by atoms with Gasteiger partial charge in [0.05, 0.1) is 5.56 Å². The van der Waals surface area contributed by atoms with Crippen molar-refractivity contribution in [2.24, 2.45) is 7.05 Å². The lowest BCUT2D eigenvalue weighted by atomic mass is 9.88. The highest BCUT2D eigenvalue weighted by atomic mass is 16.1. The van der Waals surface area contributed by atoms with Crippen molar-refractivity contribution in [1.82, 2.24) is 15.1 Å². The van der Waals surface area contributed by atoms with Crippen molar-refractivity contribution in [2.75, 3.05) is 0 Å². The van der Waals surface area contributed by atoms with E-state index in [9.17, 15) is 4.79 Å². The van der Waals surface area contributed by atoms with Crippen LogP contribution in [0.15, 0.2) is 24.4 Å². The largest absolute Gasteiger partial charge is 0.348 e. The molecule has 1 amide bonds. The highest BCUT2D eigenvalue weighted by molar-refractivity contribution is 6.34. The van der Waals surface area contributed by atoms with Crippen LogP contribution >= 0.6 is 0 Å². The Labute approximate surface area is 131 Å². The van der Waals surface area contributed by atoms with Crippen LogP contribution in [0.2, 0.25) is 0 Å². The van der Waals surface area contributed by atoms with E-state index in [1.807, 2.05) is 0 Å². The number of rotatable bonds is 3. The maximum atomic E-state index is 12.3. The van der Waals surface area contributed by atoms with Crippen LogP contribution in [0.25, 0.3) is 0 Å². The van der Waals surface area contributed by atoms with Crippen LogP contribution in [0.4, 0.5) is 0 Å². The van der Waals surface area contributed by atoms with Gasteiger partial charge in [-0.1, -0.05) is 18.2 Å². The normalized spacial score (nSPS) is 21.9. The van der Waals surface area contributed by atoms with Crippen molar-refractivity contribution < 1.29 is 4.79 Å². The van der Waals surface area contributed by atoms with Gasteiger partial charge in [-0.25, -0.2) is 0 Å². The predicted molar refractivity (Wildman–Crippen MR) is 85.5 cm³/mol. The zero-order chi connectivity index (χ0) is 15.3. The van der Waals surface area contributed by atoms with E-state index in [-0.39, 0.29) is 11.5 Å². The van der Waals surface area contributed by atoms with Gasteiger partial charge in [0.2, 0.25) is 0 Å². The van der Waals surface area contributed by atoms with Gasteiger partial charge in [-0.15, -0.1) is 0 Å². The second kappa shape index (κ2) is 5.01. The van der Waals surface area contributed by atoms with Gasteiger partial charge in [0.1, 0.15) is 7.85 Å². The average Bonchev–Trinajstić information content (AvgIpc) is 3.19. The van der Waals surface area contributed by atoms with Gasteiger partial charge < -0.3 is 5.32 Å². The molecule has 2 bridgehead atoms. The van der Waals surface area contributed by atoms with E-state index in [1.165, 1.54) is 36.0 Å². The summed E-state index contributed by atoms with van der Waals surface area (Å²) in [5.74, 6) is 1.27. The summed E-state index contributed by atoms with van der Waals surface area (Å²) in [5, 5.41) is 7.00. The molecule has 0 aliphatic heterocycles. The number of hydrogen-bond donors (Lipinski definition) is 1. The molecule has 2 atom stereocenters. The molecule has 1 aromatic carbocycles. The van der Waals surface area contributed by atoms with Gasteiger partial charge in [0, 0.05) is 25.4 Å². The summed E-state index contributed by atoms with van der Waals surface area (Å²) in [5.41, 5.74) is 4.96. The second-order valence-electron chi connectivity index (χ2n) is 6.41. The van der Waals surface area contributed by atoms with Crippen LogP contribution in [0.5, 0.6) is 0 Å². The molecule has 2 radical (unpaired) electrons.